The van der Waals surface area contributed by atoms with Crippen LogP contribution in [0.15, 0.2) is 51.7 Å². The number of nitrogens with two attached hydrogens (primary N) is 2. The molecule has 1 heterocycles. The summed E-state index contributed by atoms with van der Waals surface area (Å²) in [5, 5.41) is 17.0. The molecule has 7 N–H and O–H groups in total. The van der Waals surface area contributed by atoms with Crippen molar-refractivity contribution < 1.29 is 19.1 Å². The van der Waals surface area contributed by atoms with Crippen LogP contribution < -0.4 is 32.4 Å². The fourth-order valence-corrected chi connectivity index (χ4v) is 4.09. The molecule has 37 heavy (non-hydrogen) atoms. The van der Waals surface area contributed by atoms with Gasteiger partial charge in [0.1, 0.15) is 16.8 Å². The fourth-order valence-electron chi connectivity index (χ4n) is 4.09. The van der Waals surface area contributed by atoms with Gasteiger partial charge in [0.15, 0.2) is 16.6 Å². The maximum atomic E-state index is 12.2. The zero-order valence-electron chi connectivity index (χ0n) is 20.3. The van der Waals surface area contributed by atoms with E-state index >= 15 is 0 Å². The molecule has 0 fully saturated rings. The van der Waals surface area contributed by atoms with Crippen molar-refractivity contribution in [2.45, 2.75) is 12.8 Å². The van der Waals surface area contributed by atoms with Crippen LogP contribution in [0.4, 0.5) is 5.69 Å². The molecule has 0 spiro atoms. The Kier molecular flexibility index (Phi) is 8.16. The molecule has 0 bridgehead atoms. The Labute approximate surface area is 212 Å². The molecule has 1 aromatic heterocycles. The summed E-state index contributed by atoms with van der Waals surface area (Å²) in [7, 11) is 0. The first-order valence-corrected chi connectivity index (χ1v) is 12.1. The van der Waals surface area contributed by atoms with Gasteiger partial charge in [-0.25, -0.2) is 4.98 Å². The Morgan fingerprint density at radius 1 is 0.892 bits per heavy atom. The number of amides is 2. The number of carbonyl (C=O) groups excluding carboxylic acids is 2. The molecule has 0 saturated heterocycles. The van der Waals surface area contributed by atoms with Crippen molar-refractivity contribution in [1.82, 2.24) is 15.6 Å². The first kappa shape index (κ1) is 25.9. The van der Waals surface area contributed by atoms with Crippen molar-refractivity contribution in [3.8, 4) is 5.75 Å². The van der Waals surface area contributed by atoms with Crippen LogP contribution in [-0.2, 0) is 9.59 Å². The highest BCUT2D eigenvalue weighted by Crippen LogP contribution is 2.33. The van der Waals surface area contributed by atoms with Gasteiger partial charge in [0.25, 0.3) is 0 Å². The number of phenolic OH excluding ortho intramolecular Hbond substituents is 1. The van der Waals surface area contributed by atoms with Crippen molar-refractivity contribution in [2.75, 3.05) is 44.2 Å². The third-order valence-corrected chi connectivity index (χ3v) is 5.93. The Hall–Kier alpha value is -4.22. The van der Waals surface area contributed by atoms with Crippen LogP contribution in [-0.4, -0.2) is 61.2 Å². The van der Waals surface area contributed by atoms with Crippen LogP contribution in [0.1, 0.15) is 12.8 Å². The summed E-state index contributed by atoms with van der Waals surface area (Å²) >= 11 is 0. The van der Waals surface area contributed by atoms with E-state index in [1.54, 1.807) is 18.2 Å². The molecule has 4 aromatic rings. The number of nitrogens with one attached hydrogen (secondary N) is 2. The standard InChI is InChI=1S/C26H30N6O5/c27-7-9-29-24(35)5-11-32(12-6-25(36)30-10-8-28)16-1-4-20-22(13-16)37-23-15-21(34)18-3-2-17(33)14-19(18)26(23)31-20/h1-4,13-15,34H,5-12,27-28H2,(H,29,35)(H,30,36). The molecule has 2 amide bonds. The van der Waals surface area contributed by atoms with Gasteiger partial charge < -0.3 is 36.5 Å². The summed E-state index contributed by atoms with van der Waals surface area (Å²) < 4.78 is 6.09. The first-order valence-electron chi connectivity index (χ1n) is 12.1. The molecule has 4 rings (SSSR count). The maximum Gasteiger partial charge on any atom is 0.221 e. The second kappa shape index (κ2) is 11.7. The van der Waals surface area contributed by atoms with Gasteiger partial charge in [-0.05, 0) is 30.3 Å². The van der Waals surface area contributed by atoms with E-state index in [2.05, 4.69) is 10.6 Å². The SMILES string of the molecule is NCCNC(=O)CCN(CCC(=O)NCCN)c1ccc2nc3c(cc(O)c4ccc(=O)cc43)oc2c1. The lowest BCUT2D eigenvalue weighted by molar-refractivity contribution is -0.121. The van der Waals surface area contributed by atoms with E-state index in [0.29, 0.717) is 72.2 Å². The van der Waals surface area contributed by atoms with Crippen LogP contribution in [0, 0.1) is 0 Å². The van der Waals surface area contributed by atoms with E-state index in [1.807, 2.05) is 11.0 Å². The molecule has 0 atom stereocenters. The zero-order chi connectivity index (χ0) is 26.4. The number of benzene rings is 3. The number of carbonyl (C=O) groups is 2. The molecule has 0 saturated carbocycles. The number of aromatic nitrogens is 1. The number of aromatic hydroxyl groups is 1. The van der Waals surface area contributed by atoms with E-state index < -0.39 is 0 Å². The van der Waals surface area contributed by atoms with Gasteiger partial charge in [-0.1, -0.05) is 0 Å². The van der Waals surface area contributed by atoms with Gasteiger partial charge in [0, 0.05) is 80.7 Å². The van der Waals surface area contributed by atoms with Gasteiger partial charge in [-0.2, -0.15) is 0 Å². The lowest BCUT2D eigenvalue weighted by Crippen LogP contribution is -2.36. The smallest absolute Gasteiger partial charge is 0.221 e. The number of rotatable bonds is 11. The monoisotopic (exact) mass is 506 g/mol. The van der Waals surface area contributed by atoms with Gasteiger partial charge in [0.05, 0.1) is 0 Å². The number of hydrogen-bond acceptors (Lipinski definition) is 9. The molecule has 0 unspecified atom stereocenters. The van der Waals surface area contributed by atoms with Crippen LogP contribution in [0.2, 0.25) is 0 Å². The average molecular weight is 507 g/mol. The lowest BCUT2D eigenvalue weighted by Gasteiger charge is -2.24. The number of phenols is 1. The number of hydrogen-bond donors (Lipinski definition) is 5. The van der Waals surface area contributed by atoms with Gasteiger partial charge >= 0.3 is 0 Å². The van der Waals surface area contributed by atoms with E-state index in [1.165, 1.54) is 18.2 Å². The Balaban J connectivity index is 1.67. The second-order valence-corrected chi connectivity index (χ2v) is 8.58. The van der Waals surface area contributed by atoms with E-state index in [9.17, 15) is 19.5 Å². The summed E-state index contributed by atoms with van der Waals surface area (Å²) in [6, 6.07) is 11.3. The highest BCUT2D eigenvalue weighted by atomic mass is 16.3. The zero-order valence-corrected chi connectivity index (χ0v) is 20.3. The highest BCUT2D eigenvalue weighted by Gasteiger charge is 2.15. The van der Waals surface area contributed by atoms with Crippen molar-refractivity contribution >= 4 is 50.5 Å². The minimum Gasteiger partial charge on any atom is -0.507 e. The normalized spacial score (nSPS) is 11.2. The molecule has 3 aromatic carbocycles. The molecule has 11 nitrogen and oxygen atoms in total. The van der Waals surface area contributed by atoms with E-state index in [-0.39, 0.29) is 35.8 Å². The Morgan fingerprint density at radius 3 is 2.22 bits per heavy atom. The predicted molar refractivity (Wildman–Crippen MR) is 143 cm³/mol. The van der Waals surface area contributed by atoms with Gasteiger partial charge in [-0.15, -0.1) is 0 Å². The van der Waals surface area contributed by atoms with Crippen LogP contribution in [0.25, 0.3) is 33.0 Å². The summed E-state index contributed by atoms with van der Waals surface area (Å²) in [5.74, 6) is -0.292. The summed E-state index contributed by atoms with van der Waals surface area (Å²) in [4.78, 5) is 42.9. The van der Waals surface area contributed by atoms with Gasteiger partial charge in [0.2, 0.25) is 11.8 Å². The summed E-state index contributed by atoms with van der Waals surface area (Å²) in [5.41, 5.74) is 13.3. The van der Waals surface area contributed by atoms with Gasteiger partial charge in [-0.3, -0.25) is 14.4 Å². The second-order valence-electron chi connectivity index (χ2n) is 8.58. The van der Waals surface area contributed by atoms with Crippen LogP contribution in [0.5, 0.6) is 5.75 Å². The van der Waals surface area contributed by atoms with Crippen LogP contribution in [0.3, 0.4) is 0 Å². The quantitative estimate of drug-likeness (QED) is 0.146. The molecule has 0 aliphatic rings. The molecular formula is C26H30N6O5. The van der Waals surface area contributed by atoms with Crippen molar-refractivity contribution in [3.63, 3.8) is 0 Å². The van der Waals surface area contributed by atoms with E-state index in [4.69, 9.17) is 20.9 Å². The Morgan fingerprint density at radius 2 is 1.57 bits per heavy atom. The molecular weight excluding hydrogens is 476 g/mol. The summed E-state index contributed by atoms with van der Waals surface area (Å²) in [6.45, 7) is 2.22. The molecule has 0 aliphatic carbocycles. The van der Waals surface area contributed by atoms with Crippen molar-refractivity contribution in [2.24, 2.45) is 11.5 Å². The van der Waals surface area contributed by atoms with E-state index in [0.717, 1.165) is 5.69 Å². The number of fused-ring (bicyclic) bond motifs is 4. The third-order valence-electron chi connectivity index (χ3n) is 5.93. The Bertz CT molecular complexity index is 1480. The van der Waals surface area contributed by atoms with Crippen LogP contribution >= 0.6 is 0 Å². The highest BCUT2D eigenvalue weighted by molar-refractivity contribution is 6.07. The molecule has 0 aliphatic heterocycles. The lowest BCUT2D eigenvalue weighted by atomic mass is 10.1. The van der Waals surface area contributed by atoms with Crippen molar-refractivity contribution in [1.29, 1.82) is 0 Å². The van der Waals surface area contributed by atoms with Crippen molar-refractivity contribution in [3.05, 3.63) is 52.7 Å². The molecule has 194 valence electrons. The minimum absolute atomic E-state index is 0.0165. The number of anilines is 1. The molecule has 0 radical (unpaired) electrons. The fraction of sp³-hybridized carbons (Fsp3) is 0.308. The maximum absolute atomic E-state index is 12.2. The average Bonchev–Trinajstić information content (AvgIpc) is 2.89. The topological polar surface area (TPSA) is 177 Å². The predicted octanol–water partition coefficient (Wildman–Crippen LogP) is 0.936. The summed E-state index contributed by atoms with van der Waals surface area (Å²) in [6.07, 6.45) is 0.430. The third kappa shape index (κ3) is 6.13. The largest absolute Gasteiger partial charge is 0.507 e. The molecule has 11 heteroatoms. The minimum atomic E-state index is -0.196. The first-order chi connectivity index (χ1) is 17.9. The number of nitrogens with zero attached hydrogens (tertiary/aromatic N) is 2.